The lowest BCUT2D eigenvalue weighted by Gasteiger charge is -2.02. The van der Waals surface area contributed by atoms with Crippen LogP contribution in [0.15, 0.2) is 0 Å². The van der Waals surface area contributed by atoms with Gasteiger partial charge in [0.05, 0.1) is 3.03 Å². The molecule has 0 amide bonds. The van der Waals surface area contributed by atoms with E-state index >= 15 is 0 Å². The molecule has 0 spiro atoms. The van der Waals surface area contributed by atoms with E-state index in [1.54, 1.807) is 0 Å². The van der Waals surface area contributed by atoms with Crippen LogP contribution >= 0.6 is 37.9 Å². The van der Waals surface area contributed by atoms with Crippen LogP contribution in [0.25, 0.3) is 0 Å². The molecule has 5 heavy (non-hydrogen) atoms. The van der Waals surface area contributed by atoms with Crippen LogP contribution in [0, 0.1) is 0 Å². The van der Waals surface area contributed by atoms with Crippen molar-refractivity contribution in [1.29, 1.82) is 0 Å². The van der Waals surface area contributed by atoms with Crippen LogP contribution in [-0.2, 0) is 0 Å². The van der Waals surface area contributed by atoms with Crippen molar-refractivity contribution in [1.82, 2.24) is 0 Å². The average Bonchev–Trinajstić information content (AvgIpc) is 0.722. The van der Waals surface area contributed by atoms with Gasteiger partial charge >= 0.3 is 0 Å². The first-order valence-corrected chi connectivity index (χ1v) is 3.51. The second-order valence-electron chi connectivity index (χ2n) is 0.971. The zero-order valence-corrected chi connectivity index (χ0v) is 7.52. The Kier molecular flexibility index (Phi) is 2.28. The van der Waals surface area contributed by atoms with E-state index in [0.29, 0.717) is 0 Å². The highest BCUT2D eigenvalue weighted by molar-refractivity contribution is 8.19. The maximum absolute atomic E-state index is 3.91. The molecular weight excluding hydrogens is 136 g/mol. The Morgan fingerprint density at radius 1 is 1.20 bits per heavy atom. The first-order chi connectivity index (χ1) is 2.00. The van der Waals surface area contributed by atoms with Gasteiger partial charge in [0.1, 0.15) is 0 Å². The molecule has 0 unspecified atom stereocenters. The summed E-state index contributed by atoms with van der Waals surface area (Å²) >= 11 is 11.7. The zero-order valence-electron chi connectivity index (χ0n) is 2.84. The molecule has 0 aliphatic rings. The van der Waals surface area contributed by atoms with E-state index in [1.807, 2.05) is 0 Å². The molecule has 0 N–H and O–H groups in total. The maximum Gasteiger partial charge on any atom is 0.0768 e. The van der Waals surface area contributed by atoms with Gasteiger partial charge in [0.2, 0.25) is 0 Å². The van der Waals surface area contributed by atoms with E-state index in [2.05, 4.69) is 37.9 Å². The number of thiol groups is 3. The SMILES string of the molecule is [SiH3]C(S)(S)S. The Balaban J connectivity index is 3.02. The molecule has 0 bridgehead atoms. The van der Waals surface area contributed by atoms with Crippen LogP contribution in [0.3, 0.4) is 0 Å². The van der Waals surface area contributed by atoms with E-state index in [-0.39, 0.29) is 3.03 Å². The molecule has 0 aliphatic heterocycles. The van der Waals surface area contributed by atoms with Crippen LogP contribution in [0.2, 0.25) is 0 Å². The lowest BCUT2D eigenvalue weighted by atomic mass is 11.8. The summed E-state index contributed by atoms with van der Waals surface area (Å²) in [5.74, 6) is 0. The smallest absolute Gasteiger partial charge is 0.0768 e. The maximum atomic E-state index is 3.91. The summed E-state index contributed by atoms with van der Waals surface area (Å²) in [5, 5.41) is 0. The predicted molar refractivity (Wildman–Crippen MR) is 39.6 cm³/mol. The summed E-state index contributed by atoms with van der Waals surface area (Å²) in [4.78, 5) is 0. The van der Waals surface area contributed by atoms with Gasteiger partial charge < -0.3 is 0 Å². The minimum absolute atomic E-state index is 0.278. The summed E-state index contributed by atoms with van der Waals surface area (Å²) < 4.78 is -0.278. The largest absolute Gasteiger partial charge is 0.156 e. The third-order valence-corrected chi connectivity index (χ3v) is 0. The highest BCUT2D eigenvalue weighted by Gasteiger charge is 1.99. The molecule has 0 saturated carbocycles. The highest BCUT2D eigenvalue weighted by atomic mass is 32.2. The van der Waals surface area contributed by atoms with Gasteiger partial charge in [-0.2, -0.15) is 37.9 Å². The van der Waals surface area contributed by atoms with Gasteiger partial charge in [-0.3, -0.25) is 0 Å². The summed E-state index contributed by atoms with van der Waals surface area (Å²) in [5.41, 5.74) is 0. The molecule has 0 nitrogen and oxygen atoms in total. The molecule has 0 aromatic rings. The van der Waals surface area contributed by atoms with Gasteiger partial charge in [-0.1, -0.05) is 0 Å². The predicted octanol–water partition coefficient (Wildman–Crippen LogP) is -0.248. The van der Waals surface area contributed by atoms with Crippen LogP contribution in [0.1, 0.15) is 0 Å². The molecule has 0 rings (SSSR count). The molecule has 0 radical (unpaired) electrons. The van der Waals surface area contributed by atoms with Gasteiger partial charge in [-0.25, -0.2) is 0 Å². The number of hydrogen-bond acceptors (Lipinski definition) is 3. The Morgan fingerprint density at radius 2 is 1.20 bits per heavy atom. The molecule has 4 heteroatoms. The Hall–Kier alpha value is 1.27. The molecule has 0 saturated heterocycles. The van der Waals surface area contributed by atoms with Gasteiger partial charge in [0.25, 0.3) is 0 Å². The Morgan fingerprint density at radius 3 is 1.20 bits per heavy atom. The fourth-order valence-corrected chi connectivity index (χ4v) is 0. The lowest BCUT2D eigenvalue weighted by Crippen LogP contribution is -1.97. The van der Waals surface area contributed by atoms with Crippen molar-refractivity contribution in [2.75, 3.05) is 0 Å². The molecule has 0 aromatic heterocycles. The molecule has 0 fully saturated rings. The van der Waals surface area contributed by atoms with Crippen molar-refractivity contribution in [2.45, 2.75) is 3.03 Å². The lowest BCUT2D eigenvalue weighted by molar-refractivity contribution is 1.94. The zero-order chi connectivity index (χ0) is 4.50. The van der Waals surface area contributed by atoms with Crippen molar-refractivity contribution in [2.24, 2.45) is 0 Å². The second-order valence-corrected chi connectivity index (χ2v) is 8.74. The van der Waals surface area contributed by atoms with Crippen molar-refractivity contribution >= 4 is 48.1 Å². The third kappa shape index (κ3) is 35.0. The average molecular weight is 142 g/mol. The van der Waals surface area contributed by atoms with Crippen LogP contribution < -0.4 is 0 Å². The topological polar surface area (TPSA) is 0 Å². The molecule has 0 aliphatic carbocycles. The Labute approximate surface area is 51.4 Å². The molecule has 0 heterocycles. The minimum Gasteiger partial charge on any atom is -0.156 e. The van der Waals surface area contributed by atoms with Crippen LogP contribution in [-0.4, -0.2) is 13.3 Å². The van der Waals surface area contributed by atoms with Gasteiger partial charge in [-0.05, 0) is 0 Å². The summed E-state index contributed by atoms with van der Waals surface area (Å²) in [6, 6.07) is 0. The molecule has 0 atom stereocenters. The van der Waals surface area contributed by atoms with E-state index in [9.17, 15) is 0 Å². The molecular formula is CH6S3Si. The number of hydrogen-bond donors (Lipinski definition) is 3. The minimum atomic E-state index is -0.278. The standard InChI is InChI=1S/CH6S3Si/c2-1(3,4)5/h2-4H,5H3. The fraction of sp³-hybridized carbons (Fsp3) is 1.00. The van der Waals surface area contributed by atoms with Crippen molar-refractivity contribution in [3.05, 3.63) is 0 Å². The number of rotatable bonds is 0. The molecule has 32 valence electrons. The Bertz CT molecular complexity index is 22.4. The second kappa shape index (κ2) is 1.82. The van der Waals surface area contributed by atoms with Crippen molar-refractivity contribution < 1.29 is 0 Å². The quantitative estimate of drug-likeness (QED) is 0.232. The van der Waals surface area contributed by atoms with Gasteiger partial charge in [0, 0.05) is 10.2 Å². The van der Waals surface area contributed by atoms with Gasteiger partial charge in [0.15, 0.2) is 0 Å². The van der Waals surface area contributed by atoms with Crippen molar-refractivity contribution in [3.8, 4) is 0 Å². The highest BCUT2D eigenvalue weighted by Crippen LogP contribution is 2.17. The van der Waals surface area contributed by atoms with Crippen molar-refractivity contribution in [3.63, 3.8) is 0 Å². The molecule has 0 aromatic carbocycles. The van der Waals surface area contributed by atoms with E-state index in [0.717, 1.165) is 10.2 Å². The van der Waals surface area contributed by atoms with E-state index in [1.165, 1.54) is 0 Å². The van der Waals surface area contributed by atoms with Gasteiger partial charge in [-0.15, -0.1) is 0 Å². The first kappa shape index (κ1) is 6.27. The van der Waals surface area contributed by atoms with Crippen LogP contribution in [0.5, 0.6) is 0 Å². The summed E-state index contributed by atoms with van der Waals surface area (Å²) in [7, 11) is 0.900. The summed E-state index contributed by atoms with van der Waals surface area (Å²) in [6.07, 6.45) is 0. The summed E-state index contributed by atoms with van der Waals surface area (Å²) in [6.45, 7) is 0. The monoisotopic (exact) mass is 142 g/mol. The fourth-order valence-electron chi connectivity index (χ4n) is 0. The van der Waals surface area contributed by atoms with E-state index in [4.69, 9.17) is 0 Å². The van der Waals surface area contributed by atoms with E-state index < -0.39 is 0 Å². The normalized spacial score (nSPS) is 12.6. The van der Waals surface area contributed by atoms with Crippen LogP contribution in [0.4, 0.5) is 0 Å². The third-order valence-electron chi connectivity index (χ3n) is 0. The first-order valence-electron chi connectivity index (χ1n) is 1.17.